The van der Waals surface area contributed by atoms with Crippen molar-refractivity contribution in [3.05, 3.63) is 18.2 Å². The van der Waals surface area contributed by atoms with E-state index < -0.39 is 5.60 Å². The molecule has 0 radical (unpaired) electrons. The monoisotopic (exact) mass is 336 g/mol. The van der Waals surface area contributed by atoms with Crippen LogP contribution < -0.4 is 5.32 Å². The van der Waals surface area contributed by atoms with Gasteiger partial charge < -0.3 is 19.9 Å². The maximum atomic E-state index is 12.2. The highest BCUT2D eigenvalue weighted by molar-refractivity contribution is 5.68. The molecular weight excluding hydrogens is 304 g/mol. The van der Waals surface area contributed by atoms with Crippen LogP contribution in [0.2, 0.25) is 0 Å². The van der Waals surface area contributed by atoms with Gasteiger partial charge in [0.25, 0.3) is 0 Å². The van der Waals surface area contributed by atoms with E-state index in [0.29, 0.717) is 12.0 Å². The number of aromatic amines is 1. The number of nitrogens with one attached hydrogen (secondary N) is 2. The smallest absolute Gasteiger partial charge is 0.410 e. The molecule has 0 saturated carbocycles. The standard InChI is InChI=1S/C18H32N4O2/c1-14(19-9-5-8-16-20-10-11-21-16)15-7-6-12-22(13-15)17(23)24-18(2,3)4/h10-11,14-15,19H,5-9,12-13H2,1-4H3,(H,20,21). The number of imidazole rings is 1. The lowest BCUT2D eigenvalue weighted by Crippen LogP contribution is -2.48. The highest BCUT2D eigenvalue weighted by Gasteiger charge is 2.29. The van der Waals surface area contributed by atoms with Crippen LogP contribution >= 0.6 is 0 Å². The van der Waals surface area contributed by atoms with Crippen molar-refractivity contribution >= 4 is 6.09 Å². The number of H-pyrrole nitrogens is 1. The summed E-state index contributed by atoms with van der Waals surface area (Å²) in [4.78, 5) is 21.5. The Kier molecular flexibility index (Phi) is 6.66. The molecule has 1 fully saturated rings. The molecule has 6 heteroatoms. The number of ether oxygens (including phenoxy) is 1. The Labute approximate surface area is 145 Å². The first kappa shape index (κ1) is 18.8. The summed E-state index contributed by atoms with van der Waals surface area (Å²) < 4.78 is 5.50. The molecular formula is C18H32N4O2. The number of nitrogens with zero attached hydrogens (tertiary/aromatic N) is 2. The number of hydrogen-bond acceptors (Lipinski definition) is 4. The van der Waals surface area contributed by atoms with Crippen LogP contribution in [-0.4, -0.2) is 52.2 Å². The Morgan fingerprint density at radius 3 is 3.00 bits per heavy atom. The van der Waals surface area contributed by atoms with Gasteiger partial charge in [0.05, 0.1) is 0 Å². The fourth-order valence-corrected chi connectivity index (χ4v) is 3.10. The summed E-state index contributed by atoms with van der Waals surface area (Å²) in [7, 11) is 0. The SMILES string of the molecule is CC(NCCCc1ncc[nH]1)C1CCCN(C(=O)OC(C)(C)C)C1. The first-order valence-corrected chi connectivity index (χ1v) is 9.05. The Balaban J connectivity index is 1.71. The Hall–Kier alpha value is -1.56. The van der Waals surface area contributed by atoms with Gasteiger partial charge in [-0.25, -0.2) is 9.78 Å². The van der Waals surface area contributed by atoms with Crippen LogP contribution in [0, 0.1) is 5.92 Å². The van der Waals surface area contributed by atoms with E-state index in [0.717, 1.165) is 51.1 Å². The van der Waals surface area contributed by atoms with E-state index in [1.54, 1.807) is 6.20 Å². The van der Waals surface area contributed by atoms with Crippen molar-refractivity contribution in [1.82, 2.24) is 20.2 Å². The second-order valence-corrected chi connectivity index (χ2v) is 7.71. The highest BCUT2D eigenvalue weighted by Crippen LogP contribution is 2.21. The Morgan fingerprint density at radius 1 is 1.54 bits per heavy atom. The Bertz CT molecular complexity index is 496. The minimum Gasteiger partial charge on any atom is -0.444 e. The van der Waals surface area contributed by atoms with Crippen molar-refractivity contribution in [2.45, 2.75) is 65.0 Å². The van der Waals surface area contributed by atoms with Gasteiger partial charge in [0.2, 0.25) is 0 Å². The summed E-state index contributed by atoms with van der Waals surface area (Å²) in [6, 6.07) is 0.395. The summed E-state index contributed by atoms with van der Waals surface area (Å²) >= 11 is 0. The van der Waals surface area contributed by atoms with Crippen LogP contribution in [0.4, 0.5) is 4.79 Å². The van der Waals surface area contributed by atoms with Gasteiger partial charge in [-0.1, -0.05) is 0 Å². The quantitative estimate of drug-likeness (QED) is 0.784. The second kappa shape index (κ2) is 8.51. The zero-order valence-corrected chi connectivity index (χ0v) is 15.5. The van der Waals surface area contributed by atoms with Gasteiger partial charge in [-0.3, -0.25) is 0 Å². The predicted molar refractivity (Wildman–Crippen MR) is 94.9 cm³/mol. The highest BCUT2D eigenvalue weighted by atomic mass is 16.6. The molecule has 1 aliphatic heterocycles. The van der Waals surface area contributed by atoms with Gasteiger partial charge in [0, 0.05) is 37.9 Å². The average molecular weight is 336 g/mol. The van der Waals surface area contributed by atoms with Gasteiger partial charge in [0.15, 0.2) is 0 Å². The molecule has 2 unspecified atom stereocenters. The van der Waals surface area contributed by atoms with Crippen molar-refractivity contribution in [2.75, 3.05) is 19.6 Å². The van der Waals surface area contributed by atoms with E-state index in [-0.39, 0.29) is 6.09 Å². The molecule has 0 bridgehead atoms. The molecule has 0 aliphatic carbocycles. The van der Waals surface area contributed by atoms with Crippen LogP contribution in [0.1, 0.15) is 52.8 Å². The van der Waals surface area contributed by atoms with Crippen LogP contribution in [0.25, 0.3) is 0 Å². The molecule has 1 amide bonds. The predicted octanol–water partition coefficient (Wildman–Crippen LogP) is 2.97. The lowest BCUT2D eigenvalue weighted by Gasteiger charge is -2.36. The number of aromatic nitrogens is 2. The molecule has 1 aromatic rings. The van der Waals surface area contributed by atoms with Crippen LogP contribution in [0.3, 0.4) is 0 Å². The molecule has 2 rings (SSSR count). The van der Waals surface area contributed by atoms with E-state index in [9.17, 15) is 4.79 Å². The minimum atomic E-state index is -0.431. The van der Waals surface area contributed by atoms with Crippen molar-refractivity contribution in [3.8, 4) is 0 Å². The molecule has 2 N–H and O–H groups in total. The number of amides is 1. The van der Waals surface area contributed by atoms with Crippen molar-refractivity contribution in [1.29, 1.82) is 0 Å². The third-order valence-electron chi connectivity index (χ3n) is 4.43. The van der Waals surface area contributed by atoms with E-state index in [2.05, 4.69) is 22.2 Å². The summed E-state index contributed by atoms with van der Waals surface area (Å²) in [5.74, 6) is 1.52. The average Bonchev–Trinajstić information content (AvgIpc) is 3.03. The number of likely N-dealkylation sites (tertiary alicyclic amines) is 1. The zero-order valence-electron chi connectivity index (χ0n) is 15.5. The summed E-state index contributed by atoms with van der Waals surface area (Å²) in [5.41, 5.74) is -0.431. The normalized spacial score (nSPS) is 20.0. The third kappa shape index (κ3) is 6.15. The number of carbonyl (C=O) groups excluding carboxylic acids is 1. The topological polar surface area (TPSA) is 70.2 Å². The van der Waals surface area contributed by atoms with Gasteiger partial charge in [-0.2, -0.15) is 0 Å². The van der Waals surface area contributed by atoms with Crippen LogP contribution in [0.5, 0.6) is 0 Å². The fourth-order valence-electron chi connectivity index (χ4n) is 3.10. The minimum absolute atomic E-state index is 0.183. The first-order chi connectivity index (χ1) is 11.3. The molecule has 1 aromatic heterocycles. The van der Waals surface area contributed by atoms with Gasteiger partial charge in [-0.05, 0) is 59.4 Å². The van der Waals surface area contributed by atoms with E-state index in [1.165, 1.54) is 0 Å². The molecule has 1 aliphatic rings. The number of carbonyl (C=O) groups is 1. The first-order valence-electron chi connectivity index (χ1n) is 9.05. The van der Waals surface area contributed by atoms with Crippen LogP contribution in [-0.2, 0) is 11.2 Å². The van der Waals surface area contributed by atoms with Crippen molar-refractivity contribution < 1.29 is 9.53 Å². The summed E-state index contributed by atoms with van der Waals surface area (Å²) in [5, 5.41) is 3.60. The summed E-state index contributed by atoms with van der Waals surface area (Å²) in [6.45, 7) is 10.5. The molecule has 24 heavy (non-hydrogen) atoms. The van der Waals surface area contributed by atoms with E-state index >= 15 is 0 Å². The third-order valence-corrected chi connectivity index (χ3v) is 4.43. The lowest BCUT2D eigenvalue weighted by atomic mass is 9.91. The molecule has 2 atom stereocenters. The molecule has 136 valence electrons. The zero-order chi connectivity index (χ0) is 17.6. The second-order valence-electron chi connectivity index (χ2n) is 7.71. The lowest BCUT2D eigenvalue weighted by molar-refractivity contribution is 0.0148. The number of rotatable bonds is 6. The van der Waals surface area contributed by atoms with E-state index in [1.807, 2.05) is 31.9 Å². The molecule has 6 nitrogen and oxygen atoms in total. The van der Waals surface area contributed by atoms with Crippen LogP contribution in [0.15, 0.2) is 12.4 Å². The van der Waals surface area contributed by atoms with E-state index in [4.69, 9.17) is 4.74 Å². The van der Waals surface area contributed by atoms with Crippen molar-refractivity contribution in [2.24, 2.45) is 5.92 Å². The molecule has 1 saturated heterocycles. The van der Waals surface area contributed by atoms with Gasteiger partial charge >= 0.3 is 6.09 Å². The number of aryl methyl sites for hydroxylation is 1. The van der Waals surface area contributed by atoms with Crippen molar-refractivity contribution in [3.63, 3.8) is 0 Å². The number of hydrogen-bond donors (Lipinski definition) is 2. The molecule has 2 heterocycles. The molecule has 0 aromatic carbocycles. The molecule has 0 spiro atoms. The maximum Gasteiger partial charge on any atom is 0.410 e. The maximum absolute atomic E-state index is 12.2. The number of piperidine rings is 1. The summed E-state index contributed by atoms with van der Waals surface area (Å²) in [6.07, 6.45) is 7.69. The fraction of sp³-hybridized carbons (Fsp3) is 0.778. The van der Waals surface area contributed by atoms with Gasteiger partial charge in [-0.15, -0.1) is 0 Å². The van der Waals surface area contributed by atoms with Gasteiger partial charge in [0.1, 0.15) is 11.4 Å². The Morgan fingerprint density at radius 2 is 2.33 bits per heavy atom. The largest absolute Gasteiger partial charge is 0.444 e.